The Bertz CT molecular complexity index is 148. The first kappa shape index (κ1) is 9.47. The van der Waals surface area contributed by atoms with E-state index in [1.807, 2.05) is 0 Å². The van der Waals surface area contributed by atoms with Crippen LogP contribution in [0.3, 0.4) is 0 Å². The van der Waals surface area contributed by atoms with Crippen LogP contribution in [0.4, 0.5) is 0 Å². The fourth-order valence-electron chi connectivity index (χ4n) is 2.27. The molecule has 2 nitrogen and oxygen atoms in total. The first-order valence-corrected chi connectivity index (χ1v) is 5.76. The van der Waals surface area contributed by atoms with Crippen LogP contribution < -0.4 is 5.32 Å². The predicted octanol–water partition coefficient (Wildman–Crippen LogP) is 1.47. The van der Waals surface area contributed by atoms with Crippen LogP contribution in [0.5, 0.6) is 0 Å². The van der Waals surface area contributed by atoms with Gasteiger partial charge in [-0.1, -0.05) is 6.42 Å². The molecule has 0 aromatic rings. The molecule has 0 spiro atoms. The van der Waals surface area contributed by atoms with Gasteiger partial charge >= 0.3 is 0 Å². The number of likely N-dealkylation sites (N-methyl/N-ethyl adjacent to an activating group) is 1. The minimum atomic E-state index is 0.775. The lowest BCUT2D eigenvalue weighted by atomic mass is 10.0. The van der Waals surface area contributed by atoms with Gasteiger partial charge in [-0.2, -0.15) is 0 Å². The summed E-state index contributed by atoms with van der Waals surface area (Å²) in [6.07, 6.45) is 7.14. The van der Waals surface area contributed by atoms with Crippen molar-refractivity contribution in [2.75, 3.05) is 26.7 Å². The van der Waals surface area contributed by atoms with Gasteiger partial charge in [-0.3, -0.25) is 0 Å². The van der Waals surface area contributed by atoms with Crippen molar-refractivity contribution in [2.24, 2.45) is 5.92 Å². The van der Waals surface area contributed by atoms with Crippen LogP contribution in [-0.2, 0) is 0 Å². The van der Waals surface area contributed by atoms with Crippen molar-refractivity contribution in [1.82, 2.24) is 10.2 Å². The van der Waals surface area contributed by atoms with E-state index in [0.29, 0.717) is 0 Å². The summed E-state index contributed by atoms with van der Waals surface area (Å²) >= 11 is 0. The number of rotatable bonds is 4. The van der Waals surface area contributed by atoms with Crippen molar-refractivity contribution < 1.29 is 0 Å². The van der Waals surface area contributed by atoms with Crippen molar-refractivity contribution in [2.45, 2.75) is 38.1 Å². The summed E-state index contributed by atoms with van der Waals surface area (Å²) in [4.78, 5) is 2.51. The molecular formula is C11H22N2. The van der Waals surface area contributed by atoms with Gasteiger partial charge in [0.1, 0.15) is 0 Å². The molecule has 76 valence electrons. The zero-order chi connectivity index (χ0) is 9.10. The van der Waals surface area contributed by atoms with Gasteiger partial charge in [0.15, 0.2) is 0 Å². The first-order valence-electron chi connectivity index (χ1n) is 5.76. The molecule has 1 saturated carbocycles. The van der Waals surface area contributed by atoms with Crippen LogP contribution in [0.15, 0.2) is 0 Å². The molecule has 1 heterocycles. The number of hydrogen-bond acceptors (Lipinski definition) is 2. The Labute approximate surface area is 81.7 Å². The van der Waals surface area contributed by atoms with Gasteiger partial charge in [-0.15, -0.1) is 0 Å². The van der Waals surface area contributed by atoms with Gasteiger partial charge in [0.25, 0.3) is 0 Å². The second kappa shape index (κ2) is 4.43. The van der Waals surface area contributed by atoms with Crippen LogP contribution in [0.1, 0.15) is 32.1 Å². The topological polar surface area (TPSA) is 15.3 Å². The zero-order valence-electron chi connectivity index (χ0n) is 8.76. The summed E-state index contributed by atoms with van der Waals surface area (Å²) in [5.41, 5.74) is 0. The Hall–Kier alpha value is -0.0800. The Kier molecular flexibility index (Phi) is 3.23. The first-order chi connectivity index (χ1) is 6.34. The number of nitrogens with one attached hydrogen (secondary N) is 1. The average Bonchev–Trinajstić information content (AvgIpc) is 2.90. The highest BCUT2D eigenvalue weighted by molar-refractivity contribution is 4.80. The Morgan fingerprint density at radius 2 is 2.00 bits per heavy atom. The lowest BCUT2D eigenvalue weighted by Crippen LogP contribution is -2.42. The molecule has 2 heteroatoms. The summed E-state index contributed by atoms with van der Waals surface area (Å²) in [5, 5.41) is 3.60. The highest BCUT2D eigenvalue weighted by Gasteiger charge is 2.24. The van der Waals surface area contributed by atoms with Gasteiger partial charge in [0.05, 0.1) is 0 Å². The molecule has 1 aliphatic heterocycles. The molecule has 0 radical (unpaired) electrons. The van der Waals surface area contributed by atoms with Crippen molar-refractivity contribution in [3.8, 4) is 0 Å². The minimum Gasteiger partial charge on any atom is -0.313 e. The van der Waals surface area contributed by atoms with E-state index in [0.717, 1.165) is 12.0 Å². The largest absolute Gasteiger partial charge is 0.313 e. The Morgan fingerprint density at radius 1 is 1.15 bits per heavy atom. The molecule has 2 rings (SSSR count). The van der Waals surface area contributed by atoms with Crippen molar-refractivity contribution in [3.05, 3.63) is 0 Å². The fourth-order valence-corrected chi connectivity index (χ4v) is 2.27. The van der Waals surface area contributed by atoms with Gasteiger partial charge in [-0.05, 0) is 45.2 Å². The molecule has 1 atom stereocenters. The smallest absolute Gasteiger partial charge is 0.0194 e. The Morgan fingerprint density at radius 3 is 2.62 bits per heavy atom. The van der Waals surface area contributed by atoms with E-state index in [9.17, 15) is 0 Å². The zero-order valence-corrected chi connectivity index (χ0v) is 8.76. The molecule has 1 saturated heterocycles. The van der Waals surface area contributed by atoms with Gasteiger partial charge in [-0.25, -0.2) is 0 Å². The highest BCUT2D eigenvalue weighted by Crippen LogP contribution is 2.29. The molecule has 1 aliphatic carbocycles. The molecule has 2 aliphatic rings. The number of piperidine rings is 1. The molecule has 0 bridgehead atoms. The van der Waals surface area contributed by atoms with E-state index in [1.54, 1.807) is 0 Å². The van der Waals surface area contributed by atoms with Crippen molar-refractivity contribution in [3.63, 3.8) is 0 Å². The molecule has 13 heavy (non-hydrogen) atoms. The quantitative estimate of drug-likeness (QED) is 0.708. The Balaban J connectivity index is 1.62. The van der Waals surface area contributed by atoms with Crippen molar-refractivity contribution >= 4 is 0 Å². The van der Waals surface area contributed by atoms with Crippen LogP contribution in [0.2, 0.25) is 0 Å². The molecule has 1 unspecified atom stereocenters. The molecule has 1 N–H and O–H groups in total. The maximum atomic E-state index is 3.60. The van der Waals surface area contributed by atoms with Crippen LogP contribution >= 0.6 is 0 Å². The lowest BCUT2D eigenvalue weighted by molar-refractivity contribution is 0.255. The fraction of sp³-hybridized carbons (Fsp3) is 1.00. The predicted molar refractivity (Wildman–Crippen MR) is 55.9 cm³/mol. The second-order valence-corrected chi connectivity index (χ2v) is 4.81. The average molecular weight is 182 g/mol. The molecular weight excluding hydrogens is 160 g/mol. The summed E-state index contributed by atoms with van der Waals surface area (Å²) in [7, 11) is 2.27. The van der Waals surface area contributed by atoms with E-state index in [-0.39, 0.29) is 0 Å². The minimum absolute atomic E-state index is 0.775. The summed E-state index contributed by atoms with van der Waals surface area (Å²) in [5.74, 6) is 1.04. The summed E-state index contributed by atoms with van der Waals surface area (Å²) < 4.78 is 0. The third-order valence-corrected chi connectivity index (χ3v) is 3.21. The highest BCUT2D eigenvalue weighted by atomic mass is 15.1. The maximum Gasteiger partial charge on any atom is 0.0194 e. The van der Waals surface area contributed by atoms with E-state index < -0.39 is 0 Å². The lowest BCUT2D eigenvalue weighted by Gasteiger charge is -2.28. The van der Waals surface area contributed by atoms with Gasteiger partial charge in [0.2, 0.25) is 0 Å². The van der Waals surface area contributed by atoms with Crippen LogP contribution in [0.25, 0.3) is 0 Å². The molecule has 0 aromatic carbocycles. The van der Waals surface area contributed by atoms with E-state index in [1.165, 1.54) is 51.7 Å². The molecule has 0 aromatic heterocycles. The number of hydrogen-bond donors (Lipinski definition) is 1. The number of nitrogens with zero attached hydrogens (tertiary/aromatic N) is 1. The van der Waals surface area contributed by atoms with Gasteiger partial charge in [0, 0.05) is 19.1 Å². The van der Waals surface area contributed by atoms with E-state index in [2.05, 4.69) is 17.3 Å². The van der Waals surface area contributed by atoms with Crippen molar-refractivity contribution in [1.29, 1.82) is 0 Å². The monoisotopic (exact) mass is 182 g/mol. The van der Waals surface area contributed by atoms with Gasteiger partial charge < -0.3 is 10.2 Å². The molecule has 0 amide bonds. The van der Waals surface area contributed by atoms with Crippen LogP contribution in [-0.4, -0.2) is 37.6 Å². The van der Waals surface area contributed by atoms with E-state index in [4.69, 9.17) is 0 Å². The standard InChI is InChI=1S/C11H22N2/c1-13(8-10-5-6-10)9-11-4-2-3-7-12-11/h10-12H,2-9H2,1H3. The third kappa shape index (κ3) is 3.28. The maximum absolute atomic E-state index is 3.60. The molecule has 2 fully saturated rings. The van der Waals surface area contributed by atoms with E-state index >= 15 is 0 Å². The second-order valence-electron chi connectivity index (χ2n) is 4.81. The third-order valence-electron chi connectivity index (χ3n) is 3.21. The normalized spacial score (nSPS) is 29.5. The van der Waals surface area contributed by atoms with Crippen LogP contribution in [0, 0.1) is 5.92 Å². The summed E-state index contributed by atoms with van der Waals surface area (Å²) in [6, 6.07) is 0.775. The SMILES string of the molecule is CN(CC1CC1)CC1CCCCN1. The summed E-state index contributed by atoms with van der Waals surface area (Å²) in [6.45, 7) is 3.83.